The number of morpholine rings is 2. The Balaban J connectivity index is 0.000000181. The molecular formula is C42H50F2N12O4. The molecule has 4 saturated heterocycles. The molecule has 18 heteroatoms. The monoisotopic (exact) mass is 824 g/mol. The molecule has 2 amide bonds. The second-order valence-corrected chi connectivity index (χ2v) is 16.4. The SMILES string of the molecule is CC1CN(c2ccc(C#N)c3nccnc23)CC(C(=O)NC[C@]2(F)CCN(C)C2)O1.CC1CN(c2ccc(C#N)c3nccnc23)CC(C(=O)NC[C@]2(F)CCN(C)C2)O1. The number of nitrogens with one attached hydrogen (secondary N) is 2. The van der Waals surface area contributed by atoms with Crippen molar-refractivity contribution in [1.82, 2.24) is 40.4 Å². The first-order valence-electron chi connectivity index (χ1n) is 20.2. The molecule has 16 nitrogen and oxygen atoms in total. The highest BCUT2D eigenvalue weighted by Crippen LogP contribution is 2.31. The van der Waals surface area contributed by atoms with E-state index in [1.54, 1.807) is 36.9 Å². The lowest BCUT2D eigenvalue weighted by molar-refractivity contribution is -0.138. The Hall–Kier alpha value is -5.66. The lowest BCUT2D eigenvalue weighted by atomic mass is 10.1. The van der Waals surface area contributed by atoms with E-state index in [0.29, 0.717) is 98.4 Å². The number of anilines is 2. The molecule has 0 radical (unpaired) electrons. The largest absolute Gasteiger partial charge is 0.364 e. The molecule has 316 valence electrons. The lowest BCUT2D eigenvalue weighted by Gasteiger charge is -2.38. The number of hydrogen-bond acceptors (Lipinski definition) is 14. The van der Waals surface area contributed by atoms with Crippen LogP contribution in [0.5, 0.6) is 0 Å². The van der Waals surface area contributed by atoms with Crippen LogP contribution >= 0.6 is 0 Å². The van der Waals surface area contributed by atoms with Crippen LogP contribution in [0.25, 0.3) is 22.1 Å². The van der Waals surface area contributed by atoms with Crippen LogP contribution in [0.3, 0.4) is 0 Å². The molecule has 0 aliphatic carbocycles. The normalized spacial score (nSPS) is 27.2. The number of carbonyl (C=O) groups excluding carboxylic acids is 2. The number of fused-ring (bicyclic) bond motifs is 2. The zero-order valence-electron chi connectivity index (χ0n) is 34.3. The maximum Gasteiger partial charge on any atom is 0.251 e. The molecule has 2 aromatic heterocycles. The van der Waals surface area contributed by atoms with Crippen molar-refractivity contribution in [2.75, 3.05) is 89.3 Å². The minimum atomic E-state index is -1.40. The van der Waals surface area contributed by atoms with Gasteiger partial charge >= 0.3 is 0 Å². The molecule has 4 fully saturated rings. The van der Waals surface area contributed by atoms with E-state index in [4.69, 9.17) is 9.47 Å². The minimum Gasteiger partial charge on any atom is -0.364 e. The third kappa shape index (κ3) is 9.53. The highest BCUT2D eigenvalue weighted by Gasteiger charge is 2.40. The van der Waals surface area contributed by atoms with E-state index in [0.717, 1.165) is 11.4 Å². The van der Waals surface area contributed by atoms with Crippen LogP contribution < -0.4 is 20.4 Å². The van der Waals surface area contributed by atoms with E-state index >= 15 is 0 Å². The standard InChI is InChI=1S/2C21H25FN6O2/c2*1-14-10-28(16-4-3-15(9-23)18-19(16)25-7-6-24-18)11-17(30-14)20(29)26-12-21(22)5-8-27(2)13-21/h2*3-4,6-7,14,17H,5,8,10-13H2,1-2H3,(H,26,29)/t2*14?,17?,21-/m11/s1. The van der Waals surface area contributed by atoms with Crippen molar-refractivity contribution < 1.29 is 27.8 Å². The van der Waals surface area contributed by atoms with Gasteiger partial charge in [0.1, 0.15) is 45.5 Å². The number of rotatable bonds is 8. The van der Waals surface area contributed by atoms with E-state index in [1.807, 2.05) is 59.7 Å². The van der Waals surface area contributed by atoms with Crippen molar-refractivity contribution in [3.63, 3.8) is 0 Å². The molecule has 4 aromatic rings. The van der Waals surface area contributed by atoms with Gasteiger partial charge in [-0.2, -0.15) is 10.5 Å². The first-order valence-corrected chi connectivity index (χ1v) is 20.2. The van der Waals surface area contributed by atoms with Crippen molar-refractivity contribution >= 4 is 45.3 Å². The van der Waals surface area contributed by atoms with E-state index < -0.39 is 23.5 Å². The summed E-state index contributed by atoms with van der Waals surface area (Å²) in [5, 5.41) is 24.2. The number of amides is 2. The fourth-order valence-electron chi connectivity index (χ4n) is 8.44. The van der Waals surface area contributed by atoms with E-state index in [-0.39, 0.29) is 37.1 Å². The zero-order valence-corrected chi connectivity index (χ0v) is 34.3. The van der Waals surface area contributed by atoms with Crippen LogP contribution in [-0.2, 0) is 19.1 Å². The average Bonchev–Trinajstić information content (AvgIpc) is 3.79. The molecule has 2 N–H and O–H groups in total. The summed E-state index contributed by atoms with van der Waals surface area (Å²) in [7, 11) is 3.75. The molecule has 2 aromatic carbocycles. The number of nitrogens with zero attached hydrogens (tertiary/aromatic N) is 10. The maximum atomic E-state index is 14.8. The number of nitriles is 2. The Morgan fingerprint density at radius 1 is 0.683 bits per heavy atom. The van der Waals surface area contributed by atoms with E-state index in [1.165, 1.54) is 0 Å². The minimum absolute atomic E-state index is 0.0182. The number of likely N-dealkylation sites (tertiary alicyclic amines) is 2. The van der Waals surface area contributed by atoms with Gasteiger partial charge in [-0.1, -0.05) is 0 Å². The van der Waals surface area contributed by atoms with Gasteiger partial charge in [-0.3, -0.25) is 29.5 Å². The van der Waals surface area contributed by atoms with Gasteiger partial charge in [0, 0.05) is 64.1 Å². The molecule has 8 rings (SSSR count). The number of aromatic nitrogens is 4. The van der Waals surface area contributed by atoms with E-state index in [9.17, 15) is 28.9 Å². The van der Waals surface area contributed by atoms with Gasteiger partial charge in [0.15, 0.2) is 12.2 Å². The van der Waals surface area contributed by atoms with Crippen LogP contribution in [0.4, 0.5) is 20.2 Å². The predicted octanol–water partition coefficient (Wildman–Crippen LogP) is 2.51. The highest BCUT2D eigenvalue weighted by atomic mass is 19.1. The summed E-state index contributed by atoms with van der Waals surface area (Å²) < 4.78 is 41.3. The number of halogens is 2. The van der Waals surface area contributed by atoms with Crippen LogP contribution in [0.2, 0.25) is 0 Å². The third-order valence-corrected chi connectivity index (χ3v) is 11.4. The molecule has 4 unspecified atom stereocenters. The number of alkyl halides is 2. The van der Waals surface area contributed by atoms with Gasteiger partial charge < -0.3 is 39.7 Å². The summed E-state index contributed by atoms with van der Waals surface area (Å²) >= 11 is 0. The molecule has 60 heavy (non-hydrogen) atoms. The van der Waals surface area contributed by atoms with Gasteiger partial charge in [0.05, 0.1) is 60.9 Å². The van der Waals surface area contributed by atoms with Crippen LogP contribution in [-0.4, -0.2) is 157 Å². The number of hydrogen-bond donors (Lipinski definition) is 2. The maximum absolute atomic E-state index is 14.8. The third-order valence-electron chi connectivity index (χ3n) is 11.4. The van der Waals surface area contributed by atoms with Crippen molar-refractivity contribution in [1.29, 1.82) is 10.5 Å². The summed E-state index contributed by atoms with van der Waals surface area (Å²) in [4.78, 5) is 50.8. The highest BCUT2D eigenvalue weighted by molar-refractivity contribution is 5.93. The van der Waals surface area contributed by atoms with Gasteiger partial charge in [-0.15, -0.1) is 0 Å². The summed E-state index contributed by atoms with van der Waals surface area (Å²) in [6.45, 7) is 7.52. The van der Waals surface area contributed by atoms with Crippen molar-refractivity contribution in [2.24, 2.45) is 0 Å². The Labute approximate surface area is 347 Å². The number of carbonyl (C=O) groups is 2. The van der Waals surface area contributed by atoms with E-state index in [2.05, 4.69) is 42.7 Å². The summed E-state index contributed by atoms with van der Waals surface area (Å²) in [5.74, 6) is -0.635. The Kier molecular flexibility index (Phi) is 12.7. The Morgan fingerprint density at radius 2 is 1.07 bits per heavy atom. The van der Waals surface area contributed by atoms with Gasteiger partial charge in [-0.05, 0) is 65.0 Å². The quantitative estimate of drug-likeness (QED) is 0.264. The summed E-state index contributed by atoms with van der Waals surface area (Å²) in [5.41, 5.74) is 1.98. The van der Waals surface area contributed by atoms with Gasteiger partial charge in [-0.25, -0.2) is 8.78 Å². The zero-order chi connectivity index (χ0) is 42.6. The fraction of sp³-hybridized carbons (Fsp3) is 0.524. The first-order chi connectivity index (χ1) is 28.8. The second-order valence-electron chi connectivity index (χ2n) is 16.4. The number of benzene rings is 2. The van der Waals surface area contributed by atoms with Gasteiger partial charge in [0.25, 0.3) is 11.8 Å². The first kappa shape index (κ1) is 42.5. The molecule has 4 aliphatic heterocycles. The van der Waals surface area contributed by atoms with Crippen LogP contribution in [0, 0.1) is 22.7 Å². The predicted molar refractivity (Wildman–Crippen MR) is 220 cm³/mol. The smallest absolute Gasteiger partial charge is 0.251 e. The van der Waals surface area contributed by atoms with Gasteiger partial charge in [0.2, 0.25) is 0 Å². The number of ether oxygens (including phenoxy) is 2. The Bertz CT molecular complexity index is 2150. The van der Waals surface area contributed by atoms with Crippen LogP contribution in [0.1, 0.15) is 37.8 Å². The fourth-order valence-corrected chi connectivity index (χ4v) is 8.44. The molecule has 6 heterocycles. The average molecular weight is 825 g/mol. The van der Waals surface area contributed by atoms with Crippen molar-refractivity contribution in [3.8, 4) is 12.1 Å². The summed E-state index contributed by atoms with van der Waals surface area (Å²) in [6.07, 6.45) is 5.25. The molecular weight excluding hydrogens is 775 g/mol. The van der Waals surface area contributed by atoms with Crippen molar-refractivity contribution in [3.05, 3.63) is 60.2 Å². The Morgan fingerprint density at radius 3 is 1.42 bits per heavy atom. The second kappa shape index (κ2) is 17.9. The topological polar surface area (TPSA) is 189 Å². The lowest BCUT2D eigenvalue weighted by Crippen LogP contribution is -2.54. The molecule has 0 spiro atoms. The molecule has 6 atom stereocenters. The molecule has 4 aliphatic rings. The molecule has 0 bridgehead atoms. The summed E-state index contributed by atoms with van der Waals surface area (Å²) in [6, 6.07) is 11.4. The van der Waals surface area contributed by atoms with Crippen LogP contribution in [0.15, 0.2) is 49.1 Å². The van der Waals surface area contributed by atoms with Crippen molar-refractivity contribution in [2.45, 2.75) is 62.4 Å². The molecule has 0 saturated carbocycles.